The monoisotopic (exact) mass is 274 g/mol. The smallest absolute Gasteiger partial charge is 0.280 e. The van der Waals surface area contributed by atoms with Crippen LogP contribution in [0.1, 0.15) is 28.2 Å². The van der Waals surface area contributed by atoms with Crippen LogP contribution in [0.4, 0.5) is 0 Å². The van der Waals surface area contributed by atoms with Crippen molar-refractivity contribution in [2.45, 2.75) is 18.4 Å². The molecule has 0 bridgehead atoms. The van der Waals surface area contributed by atoms with Gasteiger partial charge in [-0.2, -0.15) is 0 Å². The summed E-state index contributed by atoms with van der Waals surface area (Å²) < 4.78 is 5.38. The number of thiazole rings is 1. The fourth-order valence-corrected chi connectivity index (χ4v) is 2.76. The van der Waals surface area contributed by atoms with Gasteiger partial charge in [-0.1, -0.05) is 18.2 Å². The van der Waals surface area contributed by atoms with Gasteiger partial charge < -0.3 is 10.1 Å². The molecule has 1 heterocycles. The summed E-state index contributed by atoms with van der Waals surface area (Å²) in [6, 6.07) is 7.83. The van der Waals surface area contributed by atoms with Crippen LogP contribution in [0.2, 0.25) is 0 Å². The van der Waals surface area contributed by atoms with Gasteiger partial charge in [-0.15, -0.1) is 11.3 Å². The lowest BCUT2D eigenvalue weighted by atomic mass is 10.0. The molecule has 1 aliphatic rings. The largest absolute Gasteiger partial charge is 0.496 e. The lowest BCUT2D eigenvalue weighted by molar-refractivity contribution is 0.0930. The maximum Gasteiger partial charge on any atom is 0.280 e. The third kappa shape index (κ3) is 2.21. The van der Waals surface area contributed by atoms with Gasteiger partial charge in [0.05, 0.1) is 12.6 Å². The van der Waals surface area contributed by atoms with Crippen LogP contribution in [0.5, 0.6) is 5.75 Å². The normalized spacial score (nSPS) is 15.8. The minimum absolute atomic E-state index is 0.113. The lowest BCUT2D eigenvalue weighted by Crippen LogP contribution is -2.35. The van der Waals surface area contributed by atoms with Crippen LogP contribution in [-0.4, -0.2) is 18.0 Å². The van der Waals surface area contributed by atoms with Gasteiger partial charge in [-0.3, -0.25) is 4.79 Å². The second-order valence-electron chi connectivity index (χ2n) is 4.57. The Morgan fingerprint density at radius 1 is 1.42 bits per heavy atom. The number of hydrogen-bond acceptors (Lipinski definition) is 4. The summed E-state index contributed by atoms with van der Waals surface area (Å²) in [5.74, 6) is 0.706. The number of methoxy groups -OCH3 is 1. The minimum Gasteiger partial charge on any atom is -0.496 e. The molecule has 0 saturated heterocycles. The van der Waals surface area contributed by atoms with Gasteiger partial charge in [-0.05, 0) is 18.9 Å². The number of rotatable bonds is 4. The van der Waals surface area contributed by atoms with E-state index in [9.17, 15) is 4.79 Å². The average molecular weight is 274 g/mol. The molecule has 1 aromatic carbocycles. The van der Waals surface area contributed by atoms with Crippen LogP contribution in [0.25, 0.3) is 0 Å². The molecule has 1 fully saturated rings. The Morgan fingerprint density at radius 3 is 2.84 bits per heavy atom. The van der Waals surface area contributed by atoms with Crippen LogP contribution < -0.4 is 10.1 Å². The highest BCUT2D eigenvalue weighted by Crippen LogP contribution is 2.48. The molecule has 0 atom stereocenters. The zero-order valence-corrected chi connectivity index (χ0v) is 11.4. The molecule has 1 aromatic heterocycles. The van der Waals surface area contributed by atoms with E-state index in [4.69, 9.17) is 4.74 Å². The quantitative estimate of drug-likeness (QED) is 0.932. The first-order valence-corrected chi connectivity index (χ1v) is 6.99. The highest BCUT2D eigenvalue weighted by atomic mass is 32.1. The number of carbonyl (C=O) groups excluding carboxylic acids is 1. The molecule has 1 amide bonds. The molecule has 4 nitrogen and oxygen atoms in total. The summed E-state index contributed by atoms with van der Waals surface area (Å²) in [4.78, 5) is 16.2. The number of benzene rings is 1. The van der Waals surface area contributed by atoms with Gasteiger partial charge in [0.15, 0.2) is 5.01 Å². The first-order valence-electron chi connectivity index (χ1n) is 6.11. The van der Waals surface area contributed by atoms with E-state index in [1.807, 2.05) is 24.3 Å². The number of ether oxygens (including phenoxy) is 1. The number of carbonyl (C=O) groups is 1. The zero-order chi connectivity index (χ0) is 13.3. The molecular weight excluding hydrogens is 260 g/mol. The van der Waals surface area contributed by atoms with Crippen molar-refractivity contribution in [2.75, 3.05) is 7.11 Å². The highest BCUT2D eigenvalue weighted by Gasteiger charge is 2.47. The topological polar surface area (TPSA) is 51.2 Å². The maximum absolute atomic E-state index is 12.1. The van der Waals surface area contributed by atoms with E-state index in [0.717, 1.165) is 24.2 Å². The summed E-state index contributed by atoms with van der Waals surface area (Å²) in [5, 5.41) is 5.39. The van der Waals surface area contributed by atoms with E-state index in [2.05, 4.69) is 10.3 Å². The summed E-state index contributed by atoms with van der Waals surface area (Å²) in [6.45, 7) is 0. The summed E-state index contributed by atoms with van der Waals surface area (Å²) in [7, 11) is 1.65. The van der Waals surface area contributed by atoms with Gasteiger partial charge in [0.25, 0.3) is 5.91 Å². The van der Waals surface area contributed by atoms with Crippen molar-refractivity contribution in [3.63, 3.8) is 0 Å². The molecule has 0 spiro atoms. The van der Waals surface area contributed by atoms with Crippen molar-refractivity contribution in [2.24, 2.45) is 0 Å². The van der Waals surface area contributed by atoms with Crippen LogP contribution in [0.3, 0.4) is 0 Å². The standard InChI is InChI=1S/C14H14N2O2S/c1-18-11-5-3-2-4-10(11)14(6-7-14)16-12(17)13-15-8-9-19-13/h2-5,8-9H,6-7H2,1H3,(H,16,17). The Bertz CT molecular complexity index is 591. The third-order valence-electron chi connectivity index (χ3n) is 3.35. The van der Waals surface area contributed by atoms with Crippen LogP contribution in [0, 0.1) is 0 Å². The number of aromatic nitrogens is 1. The van der Waals surface area contributed by atoms with Crippen LogP contribution >= 0.6 is 11.3 Å². The van der Waals surface area contributed by atoms with Gasteiger partial charge in [-0.25, -0.2) is 4.98 Å². The van der Waals surface area contributed by atoms with Crippen molar-refractivity contribution < 1.29 is 9.53 Å². The van der Waals surface area contributed by atoms with Crippen LogP contribution in [-0.2, 0) is 5.54 Å². The molecule has 3 rings (SSSR count). The van der Waals surface area contributed by atoms with Crippen molar-refractivity contribution in [1.29, 1.82) is 0 Å². The zero-order valence-electron chi connectivity index (χ0n) is 10.6. The first-order chi connectivity index (χ1) is 9.25. The molecule has 19 heavy (non-hydrogen) atoms. The molecule has 0 unspecified atom stereocenters. The molecule has 5 heteroatoms. The Kier molecular flexibility index (Phi) is 2.98. The van der Waals surface area contributed by atoms with Crippen molar-refractivity contribution in [3.05, 3.63) is 46.4 Å². The molecule has 0 radical (unpaired) electrons. The number of para-hydroxylation sites is 1. The summed E-state index contributed by atoms with van der Waals surface area (Å²) >= 11 is 1.35. The third-order valence-corrected chi connectivity index (χ3v) is 4.12. The number of amides is 1. The predicted molar refractivity (Wildman–Crippen MR) is 73.5 cm³/mol. The van der Waals surface area contributed by atoms with E-state index < -0.39 is 0 Å². The van der Waals surface area contributed by atoms with Gasteiger partial charge in [0.2, 0.25) is 0 Å². The predicted octanol–water partition coefficient (Wildman–Crippen LogP) is 2.57. The van der Waals surface area contributed by atoms with Gasteiger partial charge in [0.1, 0.15) is 5.75 Å². The molecular formula is C14H14N2O2S. The minimum atomic E-state index is -0.282. The average Bonchev–Trinajstić information content (AvgIpc) is 3.01. The maximum atomic E-state index is 12.1. The molecule has 1 saturated carbocycles. The second-order valence-corrected chi connectivity index (χ2v) is 5.47. The van der Waals surface area contributed by atoms with E-state index in [-0.39, 0.29) is 11.4 Å². The van der Waals surface area contributed by atoms with E-state index in [0.29, 0.717) is 5.01 Å². The fraction of sp³-hybridized carbons (Fsp3) is 0.286. The Balaban J connectivity index is 1.86. The Hall–Kier alpha value is -1.88. The van der Waals surface area contributed by atoms with Gasteiger partial charge >= 0.3 is 0 Å². The van der Waals surface area contributed by atoms with Crippen molar-refractivity contribution in [1.82, 2.24) is 10.3 Å². The molecule has 98 valence electrons. The van der Waals surface area contributed by atoms with Gasteiger partial charge in [0, 0.05) is 17.1 Å². The van der Waals surface area contributed by atoms with Crippen LogP contribution in [0.15, 0.2) is 35.8 Å². The molecule has 1 aliphatic carbocycles. The number of nitrogens with one attached hydrogen (secondary N) is 1. The SMILES string of the molecule is COc1ccccc1C1(NC(=O)c2nccs2)CC1. The van der Waals surface area contributed by atoms with E-state index >= 15 is 0 Å². The van der Waals surface area contributed by atoms with E-state index in [1.165, 1.54) is 11.3 Å². The fourth-order valence-electron chi connectivity index (χ4n) is 2.23. The molecule has 1 N–H and O–H groups in total. The number of nitrogens with zero attached hydrogens (tertiary/aromatic N) is 1. The van der Waals surface area contributed by atoms with E-state index in [1.54, 1.807) is 18.7 Å². The van der Waals surface area contributed by atoms with Crippen molar-refractivity contribution in [3.8, 4) is 5.75 Å². The van der Waals surface area contributed by atoms with Crippen molar-refractivity contribution >= 4 is 17.2 Å². The summed E-state index contributed by atoms with van der Waals surface area (Å²) in [5.41, 5.74) is 0.762. The summed E-state index contributed by atoms with van der Waals surface area (Å²) in [6.07, 6.45) is 3.51. The molecule has 2 aromatic rings. The second kappa shape index (κ2) is 4.66. The Morgan fingerprint density at radius 2 is 2.21 bits per heavy atom. The lowest BCUT2D eigenvalue weighted by Gasteiger charge is -2.19. The number of hydrogen-bond donors (Lipinski definition) is 1. The molecule has 0 aliphatic heterocycles. The first kappa shape index (κ1) is 12.2. The Labute approximate surface area is 115 Å². The highest BCUT2D eigenvalue weighted by molar-refractivity contribution is 7.11.